The van der Waals surface area contributed by atoms with Gasteiger partial charge < -0.3 is 16.6 Å². The second-order valence-corrected chi connectivity index (χ2v) is 8.72. The number of hydrogen-bond acceptors (Lipinski definition) is 3. The van der Waals surface area contributed by atoms with Crippen LogP contribution in [0.25, 0.3) is 0 Å². The number of unbranched alkanes of at least 4 members (excludes halogenated alkanes) is 15. The molecule has 34 heavy (non-hydrogen) atoms. The molecule has 0 saturated heterocycles. The average Bonchev–Trinajstić information content (AvgIpc) is 2.85. The van der Waals surface area contributed by atoms with Crippen molar-refractivity contribution in [1.29, 1.82) is 0 Å². The highest BCUT2D eigenvalue weighted by molar-refractivity contribution is 5.19. The number of nitrogens with two attached hydrogens (primary N) is 1. The van der Waals surface area contributed by atoms with Crippen LogP contribution >= 0.6 is 0 Å². The third-order valence-electron chi connectivity index (χ3n) is 5.37. The predicted molar refractivity (Wildman–Crippen MR) is 159 cm³/mol. The second-order valence-electron chi connectivity index (χ2n) is 8.72. The van der Waals surface area contributed by atoms with Crippen LogP contribution in [0, 0.1) is 0 Å². The number of rotatable bonds is 18. The van der Waals surface area contributed by atoms with Crippen LogP contribution in [-0.2, 0) is 4.74 Å². The van der Waals surface area contributed by atoms with Crippen LogP contribution in [-0.4, -0.2) is 12.6 Å². The predicted octanol–water partition coefficient (Wildman–Crippen LogP) is 11.1. The maximum Gasteiger partial charge on any atom is 0.115 e. The molecule has 0 radical (unpaired) electrons. The fraction of sp³-hybridized carbons (Fsp3) is 0.871. The second kappa shape index (κ2) is 39.4. The molecule has 3 nitrogen and oxygen atoms in total. The van der Waals surface area contributed by atoms with Crippen LogP contribution in [0.2, 0.25) is 0 Å². The zero-order chi connectivity index (χ0) is 25.4. The van der Waals surface area contributed by atoms with Crippen molar-refractivity contribution < 1.29 is 4.74 Å². The first-order valence-electron chi connectivity index (χ1n) is 15.0. The Kier molecular flexibility index (Phi) is 46.8. The van der Waals surface area contributed by atoms with Gasteiger partial charge in [-0.3, -0.25) is 0 Å². The topological polar surface area (TPSA) is 70.2 Å². The van der Waals surface area contributed by atoms with E-state index in [1.165, 1.54) is 109 Å². The van der Waals surface area contributed by atoms with E-state index < -0.39 is 0 Å². The molecule has 5 N–H and O–H groups in total. The van der Waals surface area contributed by atoms with Gasteiger partial charge in [0, 0.05) is 6.04 Å². The smallest absolute Gasteiger partial charge is 0.115 e. The summed E-state index contributed by atoms with van der Waals surface area (Å²) in [4.78, 5) is 0. The van der Waals surface area contributed by atoms with Crippen molar-refractivity contribution in [2.24, 2.45) is 5.73 Å². The van der Waals surface area contributed by atoms with Gasteiger partial charge in [0.1, 0.15) is 5.76 Å². The Bertz CT molecular complexity index is 380. The average molecular weight is 485 g/mol. The number of ether oxygens (including phenoxy) is 1. The Morgan fingerprint density at radius 2 is 1.03 bits per heavy atom. The van der Waals surface area contributed by atoms with Gasteiger partial charge in [0.15, 0.2) is 0 Å². The zero-order valence-corrected chi connectivity index (χ0v) is 24.9. The first kappa shape index (κ1) is 40.4. The Morgan fingerprint density at radius 1 is 0.676 bits per heavy atom. The summed E-state index contributed by atoms with van der Waals surface area (Å²) < 4.78 is 5.77. The minimum Gasteiger partial charge on any atom is -0.494 e. The lowest BCUT2D eigenvalue weighted by Crippen LogP contribution is -2.17. The Hall–Kier alpha value is -0.800. The van der Waals surface area contributed by atoms with Crippen LogP contribution < -0.4 is 11.9 Å². The summed E-state index contributed by atoms with van der Waals surface area (Å²) in [7, 11) is 0. The van der Waals surface area contributed by atoms with Gasteiger partial charge in [0.2, 0.25) is 0 Å². The van der Waals surface area contributed by atoms with Crippen molar-refractivity contribution in [3.63, 3.8) is 0 Å². The summed E-state index contributed by atoms with van der Waals surface area (Å²) in [6.45, 7) is 15.4. The third-order valence-corrected chi connectivity index (χ3v) is 5.37. The molecule has 0 aromatic rings. The summed E-state index contributed by atoms with van der Waals surface area (Å²) in [6.07, 6.45) is 30.8. The number of hydrogen-bond donors (Lipinski definition) is 2. The fourth-order valence-electron chi connectivity index (χ4n) is 3.56. The van der Waals surface area contributed by atoms with E-state index in [1.807, 2.05) is 39.8 Å². The molecule has 0 heterocycles. The molecule has 208 valence electrons. The van der Waals surface area contributed by atoms with E-state index in [0.29, 0.717) is 0 Å². The molecule has 0 aliphatic heterocycles. The van der Waals surface area contributed by atoms with Crippen molar-refractivity contribution in [2.75, 3.05) is 6.61 Å². The maximum absolute atomic E-state index is 5.80. The first-order chi connectivity index (χ1) is 16.2. The van der Waals surface area contributed by atoms with Gasteiger partial charge in [-0.15, -0.1) is 0 Å². The molecule has 3 heteroatoms. The van der Waals surface area contributed by atoms with Gasteiger partial charge >= 0.3 is 0 Å². The van der Waals surface area contributed by atoms with Gasteiger partial charge in [-0.1, -0.05) is 157 Å². The highest BCUT2D eigenvalue weighted by Crippen LogP contribution is 2.14. The first-order valence-corrected chi connectivity index (χ1v) is 15.0. The minimum atomic E-state index is 0. The molecule has 0 bridgehead atoms. The van der Waals surface area contributed by atoms with Crippen molar-refractivity contribution in [1.82, 2.24) is 6.15 Å². The largest absolute Gasteiger partial charge is 0.494 e. The molecule has 1 unspecified atom stereocenters. The molecule has 0 aromatic heterocycles. The van der Waals surface area contributed by atoms with Crippen molar-refractivity contribution in [3.05, 3.63) is 24.0 Å². The molecule has 0 spiro atoms. The lowest BCUT2D eigenvalue weighted by atomic mass is 10.0. The molecule has 1 atom stereocenters. The maximum atomic E-state index is 5.80. The molecule has 0 amide bonds. The van der Waals surface area contributed by atoms with Crippen molar-refractivity contribution in [3.8, 4) is 0 Å². The lowest BCUT2D eigenvalue weighted by molar-refractivity contribution is 0.214. The van der Waals surface area contributed by atoms with Crippen LogP contribution in [0.3, 0.4) is 0 Å². The normalized spacial score (nSPS) is 13.6. The molecule has 1 aliphatic carbocycles. The SMILES string of the molecule is CC.CC.CCC.CCCCCCCCCCCCCCCCCCOC1=CCC(N)C=C1.N. The van der Waals surface area contributed by atoms with E-state index in [2.05, 4.69) is 26.8 Å². The van der Waals surface area contributed by atoms with Crippen molar-refractivity contribution >= 4 is 0 Å². The standard InChI is InChI=1S/C24H45NO.C3H8.2C2H6.H3N/c1-2-3-4-5-6-7-8-9-10-11-12-13-14-15-16-17-22-26-24-20-18-23(25)19-21-24;1-3-2;2*1-2;/h18,20-21,23H,2-17,19,22,25H2,1H3;3H2,1-2H3;2*1-2H3;1H3. The van der Waals surface area contributed by atoms with Crippen LogP contribution in [0.1, 0.15) is 164 Å². The van der Waals surface area contributed by atoms with Gasteiger partial charge in [-0.2, -0.15) is 0 Å². The van der Waals surface area contributed by atoms with Gasteiger partial charge in [0.25, 0.3) is 0 Å². The molecule has 0 aromatic carbocycles. The van der Waals surface area contributed by atoms with Gasteiger partial charge in [-0.25, -0.2) is 0 Å². The molecule has 0 saturated carbocycles. The zero-order valence-electron chi connectivity index (χ0n) is 24.9. The molecule has 0 fully saturated rings. The lowest BCUT2D eigenvalue weighted by Gasteiger charge is -2.13. The van der Waals surface area contributed by atoms with Crippen molar-refractivity contribution in [2.45, 2.75) is 170 Å². The van der Waals surface area contributed by atoms with Gasteiger partial charge in [-0.05, 0) is 25.0 Å². The highest BCUT2D eigenvalue weighted by atomic mass is 16.5. The summed E-state index contributed by atoms with van der Waals surface area (Å²) in [5.74, 6) is 1.01. The third kappa shape index (κ3) is 35.8. The Labute approximate surface area is 217 Å². The highest BCUT2D eigenvalue weighted by Gasteiger charge is 2.03. The Morgan fingerprint density at radius 3 is 1.35 bits per heavy atom. The minimum absolute atomic E-state index is 0. The molecular weight excluding hydrogens is 416 g/mol. The molecule has 1 rings (SSSR count). The summed E-state index contributed by atoms with van der Waals surface area (Å²) in [5.41, 5.74) is 5.80. The van der Waals surface area contributed by atoms with E-state index in [0.717, 1.165) is 18.8 Å². The number of allylic oxidation sites excluding steroid dienone is 1. The molecular formula is C31H68N2O. The quantitative estimate of drug-likeness (QED) is 0.190. The Balaban J connectivity index is -0.000000507. The van der Waals surface area contributed by atoms with E-state index >= 15 is 0 Å². The molecule has 1 aliphatic rings. The summed E-state index contributed by atoms with van der Waals surface area (Å²) in [5, 5.41) is 0. The van der Waals surface area contributed by atoms with Crippen LogP contribution in [0.15, 0.2) is 24.0 Å². The van der Waals surface area contributed by atoms with E-state index in [4.69, 9.17) is 10.5 Å². The van der Waals surface area contributed by atoms with E-state index in [-0.39, 0.29) is 12.2 Å². The summed E-state index contributed by atoms with van der Waals surface area (Å²) >= 11 is 0. The van der Waals surface area contributed by atoms with Gasteiger partial charge in [0.05, 0.1) is 6.61 Å². The van der Waals surface area contributed by atoms with Crippen LogP contribution in [0.4, 0.5) is 0 Å². The fourth-order valence-corrected chi connectivity index (χ4v) is 3.56. The summed E-state index contributed by atoms with van der Waals surface area (Å²) in [6, 6.07) is 0.179. The van der Waals surface area contributed by atoms with E-state index in [9.17, 15) is 0 Å². The monoisotopic (exact) mass is 485 g/mol. The van der Waals surface area contributed by atoms with E-state index in [1.54, 1.807) is 0 Å². The van der Waals surface area contributed by atoms with Crippen LogP contribution in [0.5, 0.6) is 0 Å².